The molecule has 1 amide bonds. The van der Waals surface area contributed by atoms with Crippen LogP contribution in [-0.4, -0.2) is 5.91 Å². The maximum absolute atomic E-state index is 12.2. The Labute approximate surface area is 128 Å². The smallest absolute Gasteiger partial charge is 0.256 e. The van der Waals surface area contributed by atoms with Crippen LogP contribution < -0.4 is 11.1 Å². The molecule has 2 aromatic carbocycles. The van der Waals surface area contributed by atoms with Gasteiger partial charge in [-0.3, -0.25) is 4.79 Å². The predicted molar refractivity (Wildman–Crippen MR) is 85.4 cm³/mol. The second-order valence-corrected chi connectivity index (χ2v) is 5.87. The summed E-state index contributed by atoms with van der Waals surface area (Å²) < 4.78 is 1.72. The third-order valence-electron chi connectivity index (χ3n) is 2.80. The molecule has 0 radical (unpaired) electrons. The predicted octanol–water partition coefficient (Wildman–Crippen LogP) is 4.35. The third-order valence-corrected chi connectivity index (χ3v) is 3.98. The number of rotatable bonds is 2. The fraction of sp³-hybridized carbons (Fsp3) is 0.0714. The number of carbonyl (C=O) groups excluding carboxylic acids is 1. The summed E-state index contributed by atoms with van der Waals surface area (Å²) in [6.45, 7) is 1.83. The third kappa shape index (κ3) is 3.16. The summed E-state index contributed by atoms with van der Waals surface area (Å²) in [5.74, 6) is -0.177. The molecule has 0 unspecified atom stereocenters. The van der Waals surface area contributed by atoms with E-state index in [0.717, 1.165) is 14.5 Å². The van der Waals surface area contributed by atoms with Gasteiger partial charge in [0.2, 0.25) is 0 Å². The van der Waals surface area contributed by atoms with Crippen molar-refractivity contribution in [3.8, 4) is 0 Å². The molecule has 0 atom stereocenters. The minimum atomic E-state index is -0.177. The van der Waals surface area contributed by atoms with Crippen molar-refractivity contribution < 1.29 is 4.79 Å². The maximum atomic E-state index is 12.2. The number of hydrogen-bond acceptors (Lipinski definition) is 2. The first-order chi connectivity index (χ1) is 8.99. The molecule has 0 aliphatic carbocycles. The quantitative estimate of drug-likeness (QED) is 0.757. The van der Waals surface area contributed by atoms with Gasteiger partial charge in [-0.2, -0.15) is 0 Å². The second-order valence-electron chi connectivity index (χ2n) is 4.10. The summed E-state index contributed by atoms with van der Waals surface area (Å²) in [7, 11) is 0. The van der Waals surface area contributed by atoms with Gasteiger partial charge in [-0.1, -0.05) is 22.0 Å². The Hall–Kier alpha value is -1.33. The topological polar surface area (TPSA) is 55.1 Å². The van der Waals surface area contributed by atoms with E-state index in [9.17, 15) is 4.79 Å². The Balaban J connectivity index is 2.31. The van der Waals surface area contributed by atoms with Crippen LogP contribution in [0.5, 0.6) is 0 Å². The molecule has 0 spiro atoms. The van der Waals surface area contributed by atoms with E-state index in [1.54, 1.807) is 18.2 Å². The molecular weight excluding hydrogens is 372 g/mol. The zero-order valence-corrected chi connectivity index (χ0v) is 13.4. The Bertz CT molecular complexity index is 641. The van der Waals surface area contributed by atoms with E-state index in [4.69, 9.17) is 5.73 Å². The van der Waals surface area contributed by atoms with Crippen LogP contribution in [0.2, 0.25) is 0 Å². The number of anilines is 2. The lowest BCUT2D eigenvalue weighted by atomic mass is 10.1. The molecule has 98 valence electrons. The number of nitrogens with one attached hydrogen (secondary N) is 1. The van der Waals surface area contributed by atoms with Gasteiger partial charge >= 0.3 is 0 Å². The minimum Gasteiger partial charge on any atom is -0.398 e. The van der Waals surface area contributed by atoms with Crippen LogP contribution in [0.15, 0.2) is 45.3 Å². The highest BCUT2D eigenvalue weighted by molar-refractivity contribution is 9.11. The SMILES string of the molecule is Cc1c(N)cccc1C(=O)Nc1cc(Br)ccc1Br. The van der Waals surface area contributed by atoms with Gasteiger partial charge in [0.15, 0.2) is 0 Å². The lowest BCUT2D eigenvalue weighted by molar-refractivity contribution is 0.102. The van der Waals surface area contributed by atoms with Crippen molar-refractivity contribution in [2.24, 2.45) is 0 Å². The van der Waals surface area contributed by atoms with Gasteiger partial charge in [0.05, 0.1) is 5.69 Å². The van der Waals surface area contributed by atoms with Crippen LogP contribution >= 0.6 is 31.9 Å². The highest BCUT2D eigenvalue weighted by Crippen LogP contribution is 2.27. The van der Waals surface area contributed by atoms with Crippen molar-refractivity contribution in [3.05, 3.63) is 56.5 Å². The molecule has 19 heavy (non-hydrogen) atoms. The average molecular weight is 384 g/mol. The van der Waals surface area contributed by atoms with Crippen molar-refractivity contribution in [3.63, 3.8) is 0 Å². The molecule has 0 saturated heterocycles. The van der Waals surface area contributed by atoms with Crippen LogP contribution in [0.1, 0.15) is 15.9 Å². The van der Waals surface area contributed by atoms with E-state index in [-0.39, 0.29) is 5.91 Å². The lowest BCUT2D eigenvalue weighted by Crippen LogP contribution is -2.14. The van der Waals surface area contributed by atoms with Crippen molar-refractivity contribution in [1.29, 1.82) is 0 Å². The Morgan fingerprint density at radius 1 is 1.21 bits per heavy atom. The highest BCUT2D eigenvalue weighted by atomic mass is 79.9. The van der Waals surface area contributed by atoms with E-state index < -0.39 is 0 Å². The monoisotopic (exact) mass is 382 g/mol. The molecule has 0 bridgehead atoms. The first-order valence-electron chi connectivity index (χ1n) is 5.60. The van der Waals surface area contributed by atoms with Gasteiger partial charge in [-0.15, -0.1) is 0 Å². The summed E-state index contributed by atoms with van der Waals surface area (Å²) >= 11 is 6.78. The lowest BCUT2D eigenvalue weighted by Gasteiger charge is -2.11. The van der Waals surface area contributed by atoms with E-state index in [2.05, 4.69) is 37.2 Å². The number of amides is 1. The Morgan fingerprint density at radius 3 is 2.68 bits per heavy atom. The fourth-order valence-corrected chi connectivity index (χ4v) is 2.39. The zero-order chi connectivity index (χ0) is 14.0. The number of hydrogen-bond donors (Lipinski definition) is 2. The van der Waals surface area contributed by atoms with Crippen LogP contribution in [0.3, 0.4) is 0 Å². The van der Waals surface area contributed by atoms with Crippen LogP contribution in [0, 0.1) is 6.92 Å². The van der Waals surface area contributed by atoms with Gasteiger partial charge in [0, 0.05) is 20.2 Å². The molecule has 3 nitrogen and oxygen atoms in total. The molecule has 0 aromatic heterocycles. The number of nitrogens with two attached hydrogens (primary N) is 1. The number of carbonyl (C=O) groups is 1. The minimum absolute atomic E-state index is 0.177. The van der Waals surface area contributed by atoms with Crippen LogP contribution in [0.25, 0.3) is 0 Å². The van der Waals surface area contributed by atoms with E-state index in [1.165, 1.54) is 0 Å². The molecule has 0 aliphatic rings. The van der Waals surface area contributed by atoms with Gasteiger partial charge in [0.1, 0.15) is 0 Å². The van der Waals surface area contributed by atoms with Crippen molar-refractivity contribution in [2.45, 2.75) is 6.92 Å². The molecule has 5 heteroatoms. The Morgan fingerprint density at radius 2 is 1.95 bits per heavy atom. The van der Waals surface area contributed by atoms with Gasteiger partial charge in [-0.05, 0) is 58.7 Å². The number of nitrogen functional groups attached to an aromatic ring is 1. The molecule has 0 heterocycles. The molecule has 3 N–H and O–H groups in total. The maximum Gasteiger partial charge on any atom is 0.256 e. The summed E-state index contributed by atoms with van der Waals surface area (Å²) in [6.07, 6.45) is 0. The van der Waals surface area contributed by atoms with Gasteiger partial charge < -0.3 is 11.1 Å². The average Bonchev–Trinajstić information content (AvgIpc) is 2.37. The van der Waals surface area contributed by atoms with Crippen molar-refractivity contribution in [1.82, 2.24) is 0 Å². The van der Waals surface area contributed by atoms with Gasteiger partial charge in [-0.25, -0.2) is 0 Å². The standard InChI is InChI=1S/C14H12Br2N2O/c1-8-10(3-2-4-12(8)17)14(19)18-13-7-9(15)5-6-11(13)16/h2-7H,17H2,1H3,(H,18,19). The van der Waals surface area contributed by atoms with E-state index in [1.807, 2.05) is 25.1 Å². The molecule has 2 aromatic rings. The number of benzene rings is 2. The van der Waals surface area contributed by atoms with E-state index >= 15 is 0 Å². The molecule has 0 aliphatic heterocycles. The molecule has 0 saturated carbocycles. The normalized spacial score (nSPS) is 10.3. The first-order valence-corrected chi connectivity index (χ1v) is 7.19. The number of halogens is 2. The van der Waals surface area contributed by atoms with Crippen molar-refractivity contribution in [2.75, 3.05) is 11.1 Å². The summed E-state index contributed by atoms with van der Waals surface area (Å²) in [5.41, 5.74) is 8.49. The molecule has 0 fully saturated rings. The van der Waals surface area contributed by atoms with E-state index in [0.29, 0.717) is 16.9 Å². The molecular formula is C14H12Br2N2O. The van der Waals surface area contributed by atoms with Crippen LogP contribution in [0.4, 0.5) is 11.4 Å². The highest BCUT2D eigenvalue weighted by Gasteiger charge is 2.12. The van der Waals surface area contributed by atoms with Crippen LogP contribution in [-0.2, 0) is 0 Å². The fourth-order valence-electron chi connectivity index (χ4n) is 1.68. The summed E-state index contributed by atoms with van der Waals surface area (Å²) in [4.78, 5) is 12.2. The van der Waals surface area contributed by atoms with Crippen molar-refractivity contribution >= 4 is 49.1 Å². The summed E-state index contributed by atoms with van der Waals surface area (Å²) in [5, 5.41) is 2.86. The van der Waals surface area contributed by atoms with Gasteiger partial charge in [0.25, 0.3) is 5.91 Å². The molecule has 2 rings (SSSR count). The Kier molecular flexibility index (Phi) is 4.27. The second kappa shape index (κ2) is 5.75. The largest absolute Gasteiger partial charge is 0.398 e. The first kappa shape index (κ1) is 14.1. The zero-order valence-electron chi connectivity index (χ0n) is 10.2. The summed E-state index contributed by atoms with van der Waals surface area (Å²) in [6, 6.07) is 10.9.